The van der Waals surface area contributed by atoms with Crippen molar-refractivity contribution in [2.75, 3.05) is 7.11 Å². The van der Waals surface area contributed by atoms with Crippen LogP contribution in [0.1, 0.15) is 42.0 Å². The maximum atomic E-state index is 13.3. The van der Waals surface area contributed by atoms with Crippen molar-refractivity contribution in [2.45, 2.75) is 25.3 Å². The van der Waals surface area contributed by atoms with E-state index in [2.05, 4.69) is 12.2 Å². The molecule has 0 heterocycles. The van der Waals surface area contributed by atoms with Crippen molar-refractivity contribution in [3.8, 4) is 5.75 Å². The zero-order valence-corrected chi connectivity index (χ0v) is 15.8. The Balaban J connectivity index is 1.87. The summed E-state index contributed by atoms with van der Waals surface area (Å²) in [7, 11) is 1.65. The third-order valence-electron chi connectivity index (χ3n) is 4.77. The van der Waals surface area contributed by atoms with Gasteiger partial charge in [0.2, 0.25) is 5.91 Å². The third-order valence-corrected chi connectivity index (χ3v) is 4.77. The van der Waals surface area contributed by atoms with Crippen LogP contribution in [0, 0.1) is 0 Å². The predicted octanol–water partition coefficient (Wildman–Crippen LogP) is 5.09. The minimum Gasteiger partial charge on any atom is -0.497 e. The first-order chi connectivity index (χ1) is 13.2. The molecule has 1 atom stereocenters. The molecule has 0 aliphatic rings. The molecule has 0 aliphatic heterocycles. The predicted molar refractivity (Wildman–Crippen MR) is 109 cm³/mol. The van der Waals surface area contributed by atoms with Gasteiger partial charge in [-0.05, 0) is 35.2 Å². The van der Waals surface area contributed by atoms with E-state index in [1.54, 1.807) is 7.11 Å². The Kier molecular flexibility index (Phi) is 6.26. The number of amides is 1. The number of hydrogen-bond acceptors (Lipinski definition) is 2. The van der Waals surface area contributed by atoms with Gasteiger partial charge in [-0.3, -0.25) is 4.79 Å². The first kappa shape index (κ1) is 18.7. The van der Waals surface area contributed by atoms with Gasteiger partial charge in [-0.2, -0.15) is 0 Å². The van der Waals surface area contributed by atoms with Gasteiger partial charge in [-0.25, -0.2) is 0 Å². The maximum Gasteiger partial charge on any atom is 0.232 e. The Morgan fingerprint density at radius 1 is 0.815 bits per heavy atom. The van der Waals surface area contributed by atoms with E-state index in [9.17, 15) is 4.79 Å². The van der Waals surface area contributed by atoms with Gasteiger partial charge in [0.25, 0.3) is 0 Å². The summed E-state index contributed by atoms with van der Waals surface area (Å²) < 4.78 is 5.23. The molecule has 0 radical (unpaired) electrons. The van der Waals surface area contributed by atoms with Crippen LogP contribution in [0.3, 0.4) is 0 Å². The number of methoxy groups -OCH3 is 1. The van der Waals surface area contributed by atoms with Crippen LogP contribution in [0.15, 0.2) is 84.9 Å². The molecular formula is C24H25NO2. The lowest BCUT2D eigenvalue weighted by molar-refractivity contribution is -0.122. The number of carbonyl (C=O) groups excluding carboxylic acids is 1. The molecule has 3 rings (SSSR count). The summed E-state index contributed by atoms with van der Waals surface area (Å²) in [6.45, 7) is 2.08. The van der Waals surface area contributed by atoms with Crippen molar-refractivity contribution in [1.82, 2.24) is 5.32 Å². The second-order valence-corrected chi connectivity index (χ2v) is 6.50. The van der Waals surface area contributed by atoms with Gasteiger partial charge in [0.05, 0.1) is 19.1 Å². The molecule has 0 aliphatic carbocycles. The molecule has 0 saturated carbocycles. The number of ether oxygens (including phenoxy) is 1. The van der Waals surface area contributed by atoms with Gasteiger partial charge >= 0.3 is 0 Å². The minimum atomic E-state index is -0.334. The lowest BCUT2D eigenvalue weighted by Crippen LogP contribution is -2.33. The van der Waals surface area contributed by atoms with Crippen molar-refractivity contribution in [1.29, 1.82) is 0 Å². The Morgan fingerprint density at radius 2 is 1.33 bits per heavy atom. The summed E-state index contributed by atoms with van der Waals surface area (Å²) in [4.78, 5) is 13.3. The molecule has 3 heteroatoms. The van der Waals surface area contributed by atoms with Gasteiger partial charge < -0.3 is 10.1 Å². The molecule has 0 spiro atoms. The quantitative estimate of drug-likeness (QED) is 0.638. The third kappa shape index (κ3) is 4.56. The van der Waals surface area contributed by atoms with Crippen LogP contribution < -0.4 is 10.1 Å². The van der Waals surface area contributed by atoms with E-state index in [0.717, 1.165) is 28.9 Å². The van der Waals surface area contributed by atoms with Gasteiger partial charge in [0.1, 0.15) is 5.75 Å². The molecule has 0 fully saturated rings. The minimum absolute atomic E-state index is 0.00932. The lowest BCUT2D eigenvalue weighted by atomic mass is 9.90. The highest BCUT2D eigenvalue weighted by Gasteiger charge is 2.24. The summed E-state index contributed by atoms with van der Waals surface area (Å²) in [6, 6.07) is 27.7. The van der Waals surface area contributed by atoms with Crippen LogP contribution in [0.4, 0.5) is 0 Å². The summed E-state index contributed by atoms with van der Waals surface area (Å²) in [5.41, 5.74) is 3.06. The van der Waals surface area contributed by atoms with Crippen LogP contribution >= 0.6 is 0 Å². The second-order valence-electron chi connectivity index (χ2n) is 6.50. The molecule has 1 amide bonds. The van der Waals surface area contributed by atoms with Gasteiger partial charge in [-0.15, -0.1) is 0 Å². The maximum absolute atomic E-state index is 13.3. The number of carbonyl (C=O) groups is 1. The summed E-state index contributed by atoms with van der Waals surface area (Å²) in [5, 5.41) is 3.24. The molecule has 0 saturated heterocycles. The van der Waals surface area contributed by atoms with E-state index in [-0.39, 0.29) is 17.9 Å². The number of benzene rings is 3. The fourth-order valence-electron chi connectivity index (χ4n) is 3.30. The zero-order chi connectivity index (χ0) is 19.1. The van der Waals surface area contributed by atoms with Crippen molar-refractivity contribution in [3.63, 3.8) is 0 Å². The van der Waals surface area contributed by atoms with Crippen LogP contribution in [-0.2, 0) is 4.79 Å². The molecule has 0 unspecified atom stereocenters. The van der Waals surface area contributed by atoms with Crippen molar-refractivity contribution in [2.24, 2.45) is 0 Å². The highest BCUT2D eigenvalue weighted by molar-refractivity contribution is 5.87. The van der Waals surface area contributed by atoms with Gasteiger partial charge in [-0.1, -0.05) is 79.7 Å². The normalized spacial score (nSPS) is 11.8. The molecule has 3 aromatic rings. The molecule has 3 nitrogen and oxygen atoms in total. The van der Waals surface area contributed by atoms with E-state index in [4.69, 9.17) is 4.74 Å². The highest BCUT2D eigenvalue weighted by Crippen LogP contribution is 2.27. The van der Waals surface area contributed by atoms with Crippen LogP contribution in [0.2, 0.25) is 0 Å². The average Bonchev–Trinajstić information content (AvgIpc) is 2.74. The Hall–Kier alpha value is -3.07. The number of hydrogen-bond donors (Lipinski definition) is 1. The number of nitrogens with one attached hydrogen (secondary N) is 1. The smallest absolute Gasteiger partial charge is 0.232 e. The topological polar surface area (TPSA) is 38.3 Å². The van der Waals surface area contributed by atoms with E-state index in [1.807, 2.05) is 84.9 Å². The van der Waals surface area contributed by atoms with E-state index in [0.29, 0.717) is 0 Å². The Labute approximate surface area is 161 Å². The summed E-state index contributed by atoms with van der Waals surface area (Å²) in [5.74, 6) is 0.487. The van der Waals surface area contributed by atoms with Gasteiger partial charge in [0, 0.05) is 0 Å². The molecular weight excluding hydrogens is 334 g/mol. The standard InChI is InChI=1S/C24H25NO2/c1-3-22(18-14-16-21(27-2)17-15-18)25-24(26)23(19-10-6-4-7-11-19)20-12-8-5-9-13-20/h4-17,22-23H,3H2,1-2H3,(H,25,26)/t22-/m0/s1. The Morgan fingerprint density at radius 3 is 1.78 bits per heavy atom. The van der Waals surface area contributed by atoms with Gasteiger partial charge in [0.15, 0.2) is 0 Å². The zero-order valence-electron chi connectivity index (χ0n) is 15.8. The fourth-order valence-corrected chi connectivity index (χ4v) is 3.30. The number of rotatable bonds is 7. The lowest BCUT2D eigenvalue weighted by Gasteiger charge is -2.23. The van der Waals surface area contributed by atoms with E-state index >= 15 is 0 Å². The summed E-state index contributed by atoms with van der Waals surface area (Å²) in [6.07, 6.45) is 0.814. The first-order valence-corrected chi connectivity index (χ1v) is 9.27. The average molecular weight is 359 g/mol. The summed E-state index contributed by atoms with van der Waals surface area (Å²) >= 11 is 0. The first-order valence-electron chi connectivity index (χ1n) is 9.27. The van der Waals surface area contributed by atoms with Crippen molar-refractivity contribution < 1.29 is 9.53 Å². The fraction of sp³-hybridized carbons (Fsp3) is 0.208. The molecule has 0 aromatic heterocycles. The second kappa shape index (κ2) is 9.04. The van der Waals surface area contributed by atoms with Crippen molar-refractivity contribution in [3.05, 3.63) is 102 Å². The van der Waals surface area contributed by atoms with E-state index in [1.165, 1.54) is 0 Å². The molecule has 1 N–H and O–H groups in total. The van der Waals surface area contributed by atoms with Crippen LogP contribution in [0.5, 0.6) is 5.75 Å². The van der Waals surface area contributed by atoms with Crippen molar-refractivity contribution >= 4 is 5.91 Å². The van der Waals surface area contributed by atoms with E-state index < -0.39 is 0 Å². The SMILES string of the molecule is CC[C@H](NC(=O)C(c1ccccc1)c1ccccc1)c1ccc(OC)cc1. The molecule has 138 valence electrons. The molecule has 0 bridgehead atoms. The van der Waals surface area contributed by atoms with Crippen LogP contribution in [-0.4, -0.2) is 13.0 Å². The Bertz CT molecular complexity index is 805. The molecule has 3 aromatic carbocycles. The monoisotopic (exact) mass is 359 g/mol. The van der Waals surface area contributed by atoms with Crippen LogP contribution in [0.25, 0.3) is 0 Å². The highest BCUT2D eigenvalue weighted by atomic mass is 16.5. The largest absolute Gasteiger partial charge is 0.497 e. The molecule has 27 heavy (non-hydrogen) atoms.